The predicted molar refractivity (Wildman–Crippen MR) is 94.8 cm³/mol. The number of rotatable bonds is 6. The van der Waals surface area contributed by atoms with Crippen LogP contribution >= 0.6 is 11.6 Å². The van der Waals surface area contributed by atoms with Crippen molar-refractivity contribution in [1.82, 2.24) is 5.43 Å². The smallest absolute Gasteiger partial charge is 0.274 e. The first-order valence-corrected chi connectivity index (χ1v) is 7.74. The van der Waals surface area contributed by atoms with Crippen LogP contribution in [0.25, 0.3) is 0 Å². The molecule has 2 aromatic rings. The Morgan fingerprint density at radius 2 is 1.84 bits per heavy atom. The van der Waals surface area contributed by atoms with Crippen molar-refractivity contribution in [3.05, 3.63) is 53.1 Å². The number of carbonyl (C=O) groups excluding carboxylic acids is 2. The molecule has 2 rings (SSSR count). The van der Waals surface area contributed by atoms with E-state index in [9.17, 15) is 9.59 Å². The van der Waals surface area contributed by atoms with Crippen molar-refractivity contribution < 1.29 is 19.1 Å². The zero-order chi connectivity index (χ0) is 18.4. The lowest BCUT2D eigenvalue weighted by Crippen LogP contribution is -2.40. The molecule has 25 heavy (non-hydrogen) atoms. The molecule has 2 amide bonds. The largest absolute Gasteiger partial charge is 0.495 e. The molecule has 7 nitrogen and oxygen atoms in total. The number of methoxy groups -OCH3 is 1. The lowest BCUT2D eigenvalue weighted by Gasteiger charge is -2.13. The zero-order valence-corrected chi connectivity index (χ0v) is 14.5. The predicted octanol–water partition coefficient (Wildman–Crippen LogP) is 2.36. The number of hydrazine groups is 1. The van der Waals surface area contributed by atoms with Crippen molar-refractivity contribution in [2.75, 3.05) is 12.4 Å². The van der Waals surface area contributed by atoms with Crippen LogP contribution in [-0.2, 0) is 4.79 Å². The van der Waals surface area contributed by atoms with Gasteiger partial charge in [-0.1, -0.05) is 11.6 Å². The summed E-state index contributed by atoms with van der Waals surface area (Å²) < 4.78 is 10.5. The zero-order valence-electron chi connectivity index (χ0n) is 13.7. The van der Waals surface area contributed by atoms with Crippen molar-refractivity contribution >= 4 is 29.1 Å². The fourth-order valence-corrected chi connectivity index (χ4v) is 2.26. The van der Waals surface area contributed by atoms with Crippen LogP contribution in [0.5, 0.6) is 11.5 Å². The Morgan fingerprint density at radius 1 is 1.16 bits per heavy atom. The Hall–Kier alpha value is -2.77. The first-order valence-electron chi connectivity index (χ1n) is 7.36. The fraction of sp³-hybridized carbons (Fsp3) is 0.176. The van der Waals surface area contributed by atoms with Gasteiger partial charge in [-0.3, -0.25) is 15.0 Å². The minimum Gasteiger partial charge on any atom is -0.495 e. The molecule has 1 atom stereocenters. The highest BCUT2D eigenvalue weighted by Crippen LogP contribution is 2.27. The number of nitrogens with two attached hydrogens (primary N) is 1. The lowest BCUT2D eigenvalue weighted by atomic mass is 10.2. The van der Waals surface area contributed by atoms with E-state index >= 15 is 0 Å². The third-order valence-electron chi connectivity index (χ3n) is 3.35. The highest BCUT2D eigenvalue weighted by molar-refractivity contribution is 6.32. The van der Waals surface area contributed by atoms with E-state index in [4.69, 9.17) is 26.9 Å². The minimum absolute atomic E-state index is 0.305. The van der Waals surface area contributed by atoms with Crippen LogP contribution in [0, 0.1) is 0 Å². The standard InChI is InChI=1S/C17H18ClN3O4/c1-10(16(22)21-19)25-13-6-3-11(4-7-13)17(23)20-12-5-8-15(24-2)14(18)9-12/h3-10H,19H2,1-2H3,(H,20,23)(H,21,22). The highest BCUT2D eigenvalue weighted by Gasteiger charge is 2.13. The molecule has 0 bridgehead atoms. The van der Waals surface area contributed by atoms with Crippen molar-refractivity contribution in [3.8, 4) is 11.5 Å². The van der Waals surface area contributed by atoms with Crippen molar-refractivity contribution in [2.45, 2.75) is 13.0 Å². The molecule has 4 N–H and O–H groups in total. The number of nitrogens with one attached hydrogen (secondary N) is 2. The van der Waals surface area contributed by atoms with E-state index in [-0.39, 0.29) is 5.91 Å². The van der Waals surface area contributed by atoms with Gasteiger partial charge in [-0.25, -0.2) is 5.84 Å². The molecule has 0 spiro atoms. The molecule has 0 saturated heterocycles. The van der Waals surface area contributed by atoms with Crippen molar-refractivity contribution in [3.63, 3.8) is 0 Å². The summed E-state index contributed by atoms with van der Waals surface area (Å²) in [5.41, 5.74) is 2.98. The number of anilines is 1. The molecule has 0 fully saturated rings. The molecule has 132 valence electrons. The molecule has 0 aliphatic carbocycles. The molecule has 0 aromatic heterocycles. The van der Waals surface area contributed by atoms with Crippen LogP contribution in [0.2, 0.25) is 5.02 Å². The Bertz CT molecular complexity index is 765. The van der Waals surface area contributed by atoms with Crippen LogP contribution in [0.1, 0.15) is 17.3 Å². The van der Waals surface area contributed by atoms with Crippen LogP contribution in [0.15, 0.2) is 42.5 Å². The van der Waals surface area contributed by atoms with Crippen LogP contribution in [-0.4, -0.2) is 25.0 Å². The molecule has 0 aliphatic rings. The quantitative estimate of drug-likeness (QED) is 0.415. The molecule has 2 aromatic carbocycles. The maximum absolute atomic E-state index is 12.3. The number of ether oxygens (including phenoxy) is 2. The van der Waals surface area contributed by atoms with Gasteiger partial charge >= 0.3 is 0 Å². The topological polar surface area (TPSA) is 103 Å². The third kappa shape index (κ3) is 4.85. The molecule has 0 saturated carbocycles. The average molecular weight is 364 g/mol. The molecule has 0 aliphatic heterocycles. The fourth-order valence-electron chi connectivity index (χ4n) is 2.01. The van der Waals surface area contributed by atoms with Gasteiger partial charge < -0.3 is 14.8 Å². The normalized spacial score (nSPS) is 11.4. The highest BCUT2D eigenvalue weighted by atomic mass is 35.5. The van der Waals surface area contributed by atoms with E-state index in [1.54, 1.807) is 49.4 Å². The van der Waals surface area contributed by atoms with E-state index in [2.05, 4.69) is 5.32 Å². The van der Waals surface area contributed by atoms with Gasteiger partial charge in [0.2, 0.25) is 0 Å². The Kier molecular flexibility index (Phi) is 6.21. The van der Waals surface area contributed by atoms with Gasteiger partial charge in [-0.15, -0.1) is 0 Å². The first kappa shape index (κ1) is 18.6. The maximum atomic E-state index is 12.3. The third-order valence-corrected chi connectivity index (χ3v) is 3.65. The summed E-state index contributed by atoms with van der Waals surface area (Å²) in [5.74, 6) is 5.26. The van der Waals surface area contributed by atoms with E-state index in [1.807, 2.05) is 5.43 Å². The van der Waals surface area contributed by atoms with Gasteiger partial charge in [0.15, 0.2) is 6.10 Å². The first-order chi connectivity index (χ1) is 11.9. The van der Waals surface area contributed by atoms with Crippen molar-refractivity contribution in [1.29, 1.82) is 0 Å². The molecule has 0 heterocycles. The minimum atomic E-state index is -0.744. The van der Waals surface area contributed by atoms with Crippen LogP contribution in [0.3, 0.4) is 0 Å². The Labute approximate surface area is 150 Å². The second-order valence-corrected chi connectivity index (χ2v) is 5.50. The SMILES string of the molecule is COc1ccc(NC(=O)c2ccc(OC(C)C(=O)NN)cc2)cc1Cl. The van der Waals surface area contributed by atoms with E-state index in [0.717, 1.165) is 0 Å². The van der Waals surface area contributed by atoms with Gasteiger partial charge in [0.05, 0.1) is 12.1 Å². The summed E-state index contributed by atoms with van der Waals surface area (Å²) in [5, 5.41) is 3.14. The molecule has 8 heteroatoms. The summed E-state index contributed by atoms with van der Waals surface area (Å²) in [7, 11) is 1.51. The van der Waals surface area contributed by atoms with Gasteiger partial charge in [-0.2, -0.15) is 0 Å². The Morgan fingerprint density at radius 3 is 2.40 bits per heavy atom. The summed E-state index contributed by atoms with van der Waals surface area (Å²) >= 11 is 6.03. The number of benzene rings is 2. The number of carbonyl (C=O) groups is 2. The summed E-state index contributed by atoms with van der Waals surface area (Å²) in [6, 6.07) is 11.3. The monoisotopic (exact) mass is 363 g/mol. The molecular formula is C17H18ClN3O4. The van der Waals surface area contributed by atoms with Gasteiger partial charge in [-0.05, 0) is 49.4 Å². The molecule has 1 unspecified atom stereocenters. The number of hydrogen-bond donors (Lipinski definition) is 3. The van der Waals surface area contributed by atoms with E-state index in [1.165, 1.54) is 7.11 Å². The number of amides is 2. The molecular weight excluding hydrogens is 346 g/mol. The average Bonchev–Trinajstić information content (AvgIpc) is 2.61. The second kappa shape index (κ2) is 8.36. The number of halogens is 1. The maximum Gasteiger partial charge on any atom is 0.274 e. The van der Waals surface area contributed by atoms with Crippen molar-refractivity contribution in [2.24, 2.45) is 5.84 Å². The summed E-state index contributed by atoms with van der Waals surface area (Å²) in [4.78, 5) is 23.6. The molecule has 0 radical (unpaired) electrons. The van der Waals surface area contributed by atoms with Gasteiger partial charge in [0.1, 0.15) is 11.5 Å². The van der Waals surface area contributed by atoms with Crippen LogP contribution in [0.4, 0.5) is 5.69 Å². The van der Waals surface area contributed by atoms with Gasteiger partial charge in [0.25, 0.3) is 11.8 Å². The van der Waals surface area contributed by atoms with E-state index < -0.39 is 12.0 Å². The second-order valence-electron chi connectivity index (χ2n) is 5.10. The number of hydrogen-bond acceptors (Lipinski definition) is 5. The summed E-state index contributed by atoms with van der Waals surface area (Å²) in [6.45, 7) is 1.57. The van der Waals surface area contributed by atoms with E-state index in [0.29, 0.717) is 27.8 Å². The van der Waals surface area contributed by atoms with Gasteiger partial charge in [0, 0.05) is 11.3 Å². The summed E-state index contributed by atoms with van der Waals surface area (Å²) in [6.07, 6.45) is -0.744. The lowest BCUT2D eigenvalue weighted by molar-refractivity contribution is -0.127. The van der Waals surface area contributed by atoms with Crippen LogP contribution < -0.4 is 26.1 Å². The Balaban J connectivity index is 2.03.